The number of likely N-dealkylation sites (tertiary alicyclic amines) is 1. The van der Waals surface area contributed by atoms with Gasteiger partial charge in [0.05, 0.1) is 0 Å². The zero-order valence-corrected chi connectivity index (χ0v) is 15.2. The number of likely N-dealkylation sites (N-methyl/N-ethyl adjacent to an activating group) is 1. The Balaban J connectivity index is 1.52. The number of rotatable bonds is 6. The number of benzene rings is 1. The highest BCUT2D eigenvalue weighted by molar-refractivity contribution is 5.83. The Morgan fingerprint density at radius 3 is 2.92 bits per heavy atom. The predicted octanol–water partition coefficient (Wildman–Crippen LogP) is 2.26. The van der Waals surface area contributed by atoms with Gasteiger partial charge in [0, 0.05) is 55.2 Å². The van der Waals surface area contributed by atoms with E-state index in [-0.39, 0.29) is 24.5 Å². The Morgan fingerprint density at radius 2 is 2.16 bits per heavy atom. The number of aromatic nitrogens is 1. The van der Waals surface area contributed by atoms with Crippen LogP contribution < -0.4 is 0 Å². The molecule has 0 bridgehead atoms. The van der Waals surface area contributed by atoms with Crippen LogP contribution in [0.15, 0.2) is 30.5 Å². The van der Waals surface area contributed by atoms with Crippen molar-refractivity contribution in [1.29, 1.82) is 0 Å². The molecular formula is C20H29N3O2. The highest BCUT2D eigenvalue weighted by Gasteiger charge is 2.31. The fraction of sp³-hybridized carbons (Fsp3) is 0.550. The number of H-pyrrole nitrogens is 1. The number of para-hydroxylation sites is 1. The van der Waals surface area contributed by atoms with Gasteiger partial charge in [-0.1, -0.05) is 18.2 Å². The zero-order chi connectivity index (χ0) is 17.8. The topological polar surface area (TPSA) is 59.6 Å². The van der Waals surface area contributed by atoms with Crippen LogP contribution in [0.2, 0.25) is 0 Å². The molecule has 0 unspecified atom stereocenters. The molecule has 25 heavy (non-hydrogen) atoms. The van der Waals surface area contributed by atoms with Gasteiger partial charge in [0.15, 0.2) is 0 Å². The molecule has 1 aromatic heterocycles. The van der Waals surface area contributed by atoms with Gasteiger partial charge in [-0.25, -0.2) is 0 Å². The summed E-state index contributed by atoms with van der Waals surface area (Å²) in [4.78, 5) is 20.0. The minimum absolute atomic E-state index is 0.200. The first-order chi connectivity index (χ1) is 12.1. The summed E-state index contributed by atoms with van der Waals surface area (Å²) in [7, 11) is 4.05. The summed E-state index contributed by atoms with van der Waals surface area (Å²) in [5, 5.41) is 10.8. The van der Waals surface area contributed by atoms with Gasteiger partial charge in [-0.05, 0) is 45.0 Å². The number of hydrogen-bond donors (Lipinski definition) is 2. The smallest absolute Gasteiger partial charge is 0.222 e. The largest absolute Gasteiger partial charge is 0.396 e. The fourth-order valence-corrected chi connectivity index (χ4v) is 3.93. The van der Waals surface area contributed by atoms with Crippen molar-refractivity contribution in [3.8, 4) is 0 Å². The maximum absolute atomic E-state index is 12.6. The van der Waals surface area contributed by atoms with Gasteiger partial charge in [0.25, 0.3) is 0 Å². The van der Waals surface area contributed by atoms with Crippen LogP contribution in [0.5, 0.6) is 0 Å². The molecule has 1 fully saturated rings. The molecule has 1 amide bonds. The van der Waals surface area contributed by atoms with E-state index in [4.69, 9.17) is 0 Å². The van der Waals surface area contributed by atoms with Crippen molar-refractivity contribution in [2.24, 2.45) is 5.92 Å². The van der Waals surface area contributed by atoms with E-state index >= 15 is 0 Å². The molecule has 2 N–H and O–H groups in total. The van der Waals surface area contributed by atoms with E-state index in [1.165, 1.54) is 10.9 Å². The number of aliphatic hydroxyl groups is 1. The minimum Gasteiger partial charge on any atom is -0.396 e. The lowest BCUT2D eigenvalue weighted by atomic mass is 9.91. The van der Waals surface area contributed by atoms with Gasteiger partial charge in [-0.15, -0.1) is 0 Å². The number of nitrogens with zero attached hydrogens (tertiary/aromatic N) is 2. The monoisotopic (exact) mass is 343 g/mol. The van der Waals surface area contributed by atoms with Crippen LogP contribution in [0.3, 0.4) is 0 Å². The standard InChI is InChI=1S/C20H29N3O2/c1-22(2)19-13-23(11-10-16(19)14-24)20(25)9-5-6-15-12-21-18-8-4-3-7-17(15)18/h3-4,7-8,12,16,19,21,24H,5-6,9-11,13-14H2,1-2H3/t16-,19-/m1/s1. The molecule has 1 saturated heterocycles. The third kappa shape index (κ3) is 4.05. The summed E-state index contributed by atoms with van der Waals surface area (Å²) in [5.41, 5.74) is 2.44. The van der Waals surface area contributed by atoms with Gasteiger partial charge in [0.2, 0.25) is 5.91 Å². The highest BCUT2D eigenvalue weighted by atomic mass is 16.3. The molecule has 0 radical (unpaired) electrons. The van der Waals surface area contributed by atoms with Gasteiger partial charge in [-0.3, -0.25) is 4.79 Å². The van der Waals surface area contributed by atoms with E-state index in [9.17, 15) is 9.90 Å². The summed E-state index contributed by atoms with van der Waals surface area (Å²) in [6, 6.07) is 8.54. The maximum atomic E-state index is 12.6. The molecule has 1 aliphatic rings. The molecule has 0 aliphatic carbocycles. The summed E-state index contributed by atoms with van der Waals surface area (Å²) in [6.45, 7) is 1.69. The number of aryl methyl sites for hydroxylation is 1. The van der Waals surface area contributed by atoms with Crippen LogP contribution in [0.1, 0.15) is 24.8 Å². The minimum atomic E-state index is 0.200. The molecule has 2 aromatic rings. The van der Waals surface area contributed by atoms with Crippen LogP contribution in [0, 0.1) is 5.92 Å². The van der Waals surface area contributed by atoms with Crippen LogP contribution >= 0.6 is 0 Å². The van der Waals surface area contributed by atoms with Crippen molar-refractivity contribution in [3.63, 3.8) is 0 Å². The molecule has 1 aromatic carbocycles. The van der Waals surface area contributed by atoms with E-state index in [0.717, 1.165) is 37.9 Å². The SMILES string of the molecule is CN(C)[C@@H]1CN(C(=O)CCCc2c[nH]c3ccccc23)CC[C@@H]1CO. The first-order valence-electron chi connectivity index (χ1n) is 9.20. The second kappa shape index (κ2) is 8.02. The van der Waals surface area contributed by atoms with Crippen molar-refractivity contribution in [2.75, 3.05) is 33.8 Å². The molecule has 0 saturated carbocycles. The summed E-state index contributed by atoms with van der Waals surface area (Å²) in [6.07, 6.45) is 5.31. The number of nitrogens with one attached hydrogen (secondary N) is 1. The van der Waals surface area contributed by atoms with E-state index in [2.05, 4.69) is 34.3 Å². The molecule has 136 valence electrons. The molecule has 2 heterocycles. The number of hydrogen-bond acceptors (Lipinski definition) is 3. The summed E-state index contributed by atoms with van der Waals surface area (Å²) >= 11 is 0. The number of aromatic amines is 1. The summed E-state index contributed by atoms with van der Waals surface area (Å²) in [5.74, 6) is 0.508. The van der Waals surface area contributed by atoms with Gasteiger partial charge in [0.1, 0.15) is 0 Å². The van der Waals surface area contributed by atoms with E-state index < -0.39 is 0 Å². The molecule has 0 spiro atoms. The number of carbonyl (C=O) groups is 1. The van der Waals surface area contributed by atoms with Crippen LogP contribution in [-0.2, 0) is 11.2 Å². The van der Waals surface area contributed by atoms with Crippen molar-refractivity contribution in [2.45, 2.75) is 31.7 Å². The third-order valence-electron chi connectivity index (χ3n) is 5.48. The predicted molar refractivity (Wildman–Crippen MR) is 100 cm³/mol. The van der Waals surface area contributed by atoms with Crippen LogP contribution in [-0.4, -0.2) is 65.6 Å². The summed E-state index contributed by atoms with van der Waals surface area (Å²) < 4.78 is 0. The molecule has 5 nitrogen and oxygen atoms in total. The molecule has 1 aliphatic heterocycles. The van der Waals surface area contributed by atoms with Crippen LogP contribution in [0.4, 0.5) is 0 Å². The van der Waals surface area contributed by atoms with E-state index in [1.54, 1.807) is 0 Å². The average Bonchev–Trinajstić information content (AvgIpc) is 3.04. The van der Waals surface area contributed by atoms with Crippen molar-refractivity contribution in [3.05, 3.63) is 36.0 Å². The van der Waals surface area contributed by atoms with Crippen molar-refractivity contribution >= 4 is 16.8 Å². The fourth-order valence-electron chi connectivity index (χ4n) is 3.93. The first-order valence-corrected chi connectivity index (χ1v) is 9.20. The Hall–Kier alpha value is -1.85. The highest BCUT2D eigenvalue weighted by Crippen LogP contribution is 2.23. The van der Waals surface area contributed by atoms with Gasteiger partial charge >= 0.3 is 0 Å². The normalized spacial score (nSPS) is 21.2. The molecule has 3 rings (SSSR count). The van der Waals surface area contributed by atoms with Crippen LogP contribution in [0.25, 0.3) is 10.9 Å². The Bertz CT molecular complexity index is 710. The Morgan fingerprint density at radius 1 is 1.36 bits per heavy atom. The third-order valence-corrected chi connectivity index (χ3v) is 5.48. The number of amides is 1. The quantitative estimate of drug-likeness (QED) is 0.846. The van der Waals surface area contributed by atoms with Crippen molar-refractivity contribution in [1.82, 2.24) is 14.8 Å². The molecule has 2 atom stereocenters. The van der Waals surface area contributed by atoms with E-state index in [0.29, 0.717) is 6.42 Å². The number of carbonyl (C=O) groups excluding carboxylic acids is 1. The second-order valence-corrected chi connectivity index (χ2v) is 7.32. The average molecular weight is 343 g/mol. The van der Waals surface area contributed by atoms with Gasteiger partial charge < -0.3 is 19.9 Å². The second-order valence-electron chi connectivity index (χ2n) is 7.32. The lowest BCUT2D eigenvalue weighted by Crippen LogP contribution is -2.53. The number of fused-ring (bicyclic) bond motifs is 1. The lowest BCUT2D eigenvalue weighted by molar-refractivity contribution is -0.134. The van der Waals surface area contributed by atoms with Crippen molar-refractivity contribution < 1.29 is 9.90 Å². The molecular weight excluding hydrogens is 314 g/mol. The molecule has 5 heteroatoms. The number of piperidine rings is 1. The Labute approximate surface area is 149 Å². The number of aliphatic hydroxyl groups excluding tert-OH is 1. The Kier molecular flexibility index (Phi) is 5.76. The first kappa shape index (κ1) is 18.0. The van der Waals surface area contributed by atoms with E-state index in [1.807, 2.05) is 25.1 Å². The van der Waals surface area contributed by atoms with Gasteiger partial charge in [-0.2, -0.15) is 0 Å². The maximum Gasteiger partial charge on any atom is 0.222 e. The zero-order valence-electron chi connectivity index (χ0n) is 15.2. The lowest BCUT2D eigenvalue weighted by Gasteiger charge is -2.41.